The van der Waals surface area contributed by atoms with E-state index >= 15 is 0 Å². The van der Waals surface area contributed by atoms with Crippen LogP contribution in [-0.2, 0) is 16.1 Å². The number of hydrogen-bond acceptors (Lipinski definition) is 7. The molecule has 10 heteroatoms. The van der Waals surface area contributed by atoms with Crippen LogP contribution < -0.4 is 24.4 Å². The summed E-state index contributed by atoms with van der Waals surface area (Å²) >= 11 is 13.5. The Morgan fingerprint density at radius 3 is 2.41 bits per heavy atom. The predicted octanol–water partition coefficient (Wildman–Crippen LogP) is 5.69. The molecule has 3 aromatic carbocycles. The fourth-order valence-electron chi connectivity index (χ4n) is 4.50. The highest BCUT2D eigenvalue weighted by Crippen LogP contribution is 2.31. The van der Waals surface area contributed by atoms with Gasteiger partial charge in [0.1, 0.15) is 18.1 Å². The standard InChI is InChI=1S/C31H26Cl2N2O5S/c1-4-39-30(37)27-18(2)34-31-35(28(27)20-8-13-23(38-3)14-9-20)29(36)26(41-31)15-19-5-11-24(12-6-19)40-17-21-7-10-22(32)16-25(21)33/h5-16,28H,4,17H2,1-3H3/b26-15+/t28-/m1/s1. The second kappa shape index (κ2) is 12.3. The van der Waals surface area contributed by atoms with Crippen LogP contribution in [0.25, 0.3) is 6.08 Å². The Morgan fingerprint density at radius 2 is 1.76 bits per heavy atom. The zero-order valence-corrected chi connectivity index (χ0v) is 24.8. The minimum atomic E-state index is -0.686. The molecule has 0 N–H and O–H groups in total. The summed E-state index contributed by atoms with van der Waals surface area (Å²) in [6, 6.07) is 19.3. The van der Waals surface area contributed by atoms with Crippen molar-refractivity contribution in [2.75, 3.05) is 13.7 Å². The van der Waals surface area contributed by atoms with Gasteiger partial charge in [0, 0.05) is 15.6 Å². The quantitative estimate of drug-likeness (QED) is 0.240. The van der Waals surface area contributed by atoms with Crippen molar-refractivity contribution in [3.63, 3.8) is 0 Å². The van der Waals surface area contributed by atoms with E-state index in [1.165, 1.54) is 11.3 Å². The number of carbonyl (C=O) groups is 1. The van der Waals surface area contributed by atoms with Gasteiger partial charge in [0.15, 0.2) is 4.80 Å². The summed E-state index contributed by atoms with van der Waals surface area (Å²) in [6.07, 6.45) is 1.80. The maximum absolute atomic E-state index is 13.8. The lowest BCUT2D eigenvalue weighted by atomic mass is 9.96. The molecule has 1 atom stereocenters. The average molecular weight is 610 g/mol. The molecule has 0 aliphatic carbocycles. The number of rotatable bonds is 8. The molecule has 5 rings (SSSR count). The molecule has 0 saturated heterocycles. The smallest absolute Gasteiger partial charge is 0.338 e. The van der Waals surface area contributed by atoms with Gasteiger partial charge in [-0.2, -0.15) is 0 Å². The van der Waals surface area contributed by atoms with Gasteiger partial charge in [-0.3, -0.25) is 9.36 Å². The number of aromatic nitrogens is 1. The van der Waals surface area contributed by atoms with Crippen LogP contribution in [0.5, 0.6) is 11.5 Å². The Labute approximate surface area is 250 Å². The number of esters is 1. The predicted molar refractivity (Wildman–Crippen MR) is 161 cm³/mol. The molecule has 1 aliphatic rings. The molecule has 0 amide bonds. The van der Waals surface area contributed by atoms with Gasteiger partial charge >= 0.3 is 5.97 Å². The second-order valence-electron chi connectivity index (χ2n) is 9.17. The normalized spacial score (nSPS) is 14.9. The molecule has 1 aliphatic heterocycles. The zero-order chi connectivity index (χ0) is 29.1. The lowest BCUT2D eigenvalue weighted by Gasteiger charge is -2.24. The van der Waals surface area contributed by atoms with E-state index < -0.39 is 12.0 Å². The van der Waals surface area contributed by atoms with Crippen LogP contribution in [0.1, 0.15) is 36.6 Å². The van der Waals surface area contributed by atoms with Crippen molar-refractivity contribution in [2.45, 2.75) is 26.5 Å². The van der Waals surface area contributed by atoms with Crippen molar-refractivity contribution in [1.82, 2.24) is 4.57 Å². The first-order valence-corrected chi connectivity index (χ1v) is 14.4. The van der Waals surface area contributed by atoms with Crippen LogP contribution in [0.3, 0.4) is 0 Å². The third-order valence-electron chi connectivity index (χ3n) is 6.54. The van der Waals surface area contributed by atoms with Crippen molar-refractivity contribution in [2.24, 2.45) is 4.99 Å². The maximum atomic E-state index is 13.8. The van der Waals surface area contributed by atoms with E-state index in [2.05, 4.69) is 4.99 Å². The average Bonchev–Trinajstić information content (AvgIpc) is 3.26. The van der Waals surface area contributed by atoms with Gasteiger partial charge in [0.2, 0.25) is 0 Å². The highest BCUT2D eigenvalue weighted by molar-refractivity contribution is 7.07. The van der Waals surface area contributed by atoms with E-state index in [4.69, 9.17) is 37.4 Å². The molecular formula is C31H26Cl2N2O5S. The fraction of sp³-hybridized carbons (Fsp3) is 0.194. The summed E-state index contributed by atoms with van der Waals surface area (Å²) in [5, 5.41) is 1.11. The van der Waals surface area contributed by atoms with Gasteiger partial charge < -0.3 is 14.2 Å². The van der Waals surface area contributed by atoms with E-state index in [1.54, 1.807) is 55.9 Å². The van der Waals surface area contributed by atoms with E-state index in [1.807, 2.05) is 42.5 Å². The van der Waals surface area contributed by atoms with Crippen molar-refractivity contribution >= 4 is 46.6 Å². The molecule has 4 aromatic rings. The van der Waals surface area contributed by atoms with Gasteiger partial charge in [0.05, 0.1) is 35.6 Å². The van der Waals surface area contributed by atoms with Gasteiger partial charge in [-0.15, -0.1) is 0 Å². The monoisotopic (exact) mass is 608 g/mol. The Kier molecular flexibility index (Phi) is 8.63. The fourth-order valence-corrected chi connectivity index (χ4v) is 6.01. The summed E-state index contributed by atoms with van der Waals surface area (Å²) in [5.74, 6) is 0.825. The maximum Gasteiger partial charge on any atom is 0.338 e. The number of fused-ring (bicyclic) bond motifs is 1. The zero-order valence-electron chi connectivity index (χ0n) is 22.5. The minimum Gasteiger partial charge on any atom is -0.497 e. The third-order valence-corrected chi connectivity index (χ3v) is 8.11. The number of thiazole rings is 1. The number of halogens is 2. The third kappa shape index (κ3) is 6.10. The summed E-state index contributed by atoms with van der Waals surface area (Å²) in [6.45, 7) is 4.01. The van der Waals surface area contributed by atoms with Crippen molar-refractivity contribution in [3.8, 4) is 11.5 Å². The topological polar surface area (TPSA) is 79.1 Å². The molecule has 1 aromatic heterocycles. The molecule has 0 fully saturated rings. The number of methoxy groups -OCH3 is 1. The molecule has 0 radical (unpaired) electrons. The second-order valence-corrected chi connectivity index (χ2v) is 11.0. The Morgan fingerprint density at radius 1 is 1.05 bits per heavy atom. The number of hydrogen-bond donors (Lipinski definition) is 0. The molecule has 0 bridgehead atoms. The van der Waals surface area contributed by atoms with Crippen LogP contribution in [0, 0.1) is 0 Å². The van der Waals surface area contributed by atoms with Crippen LogP contribution in [0.2, 0.25) is 10.0 Å². The van der Waals surface area contributed by atoms with E-state index in [0.717, 1.165) is 16.7 Å². The van der Waals surface area contributed by atoms with E-state index in [0.29, 0.717) is 48.8 Å². The first kappa shape index (κ1) is 28.7. The molecule has 0 spiro atoms. The van der Waals surface area contributed by atoms with E-state index in [-0.39, 0.29) is 12.2 Å². The molecule has 7 nitrogen and oxygen atoms in total. The number of nitrogens with zero attached hydrogens (tertiary/aromatic N) is 2. The Bertz CT molecular complexity index is 1810. The lowest BCUT2D eigenvalue weighted by Crippen LogP contribution is -2.39. The van der Waals surface area contributed by atoms with Gasteiger partial charge in [-0.25, -0.2) is 9.79 Å². The first-order valence-electron chi connectivity index (χ1n) is 12.8. The van der Waals surface area contributed by atoms with Crippen LogP contribution in [0.4, 0.5) is 0 Å². The molecule has 0 saturated carbocycles. The summed E-state index contributed by atoms with van der Waals surface area (Å²) in [7, 11) is 1.58. The van der Waals surface area contributed by atoms with Crippen molar-refractivity contribution in [1.29, 1.82) is 0 Å². The summed E-state index contributed by atoms with van der Waals surface area (Å²) in [4.78, 5) is 31.9. The largest absolute Gasteiger partial charge is 0.497 e. The van der Waals surface area contributed by atoms with Gasteiger partial charge in [-0.1, -0.05) is 64.9 Å². The minimum absolute atomic E-state index is 0.210. The Hall–Kier alpha value is -3.85. The highest BCUT2D eigenvalue weighted by atomic mass is 35.5. The van der Waals surface area contributed by atoms with Crippen LogP contribution >= 0.6 is 34.5 Å². The van der Waals surface area contributed by atoms with Gasteiger partial charge in [-0.05, 0) is 67.4 Å². The summed E-state index contributed by atoms with van der Waals surface area (Å²) < 4.78 is 18.6. The highest BCUT2D eigenvalue weighted by Gasteiger charge is 2.33. The van der Waals surface area contributed by atoms with E-state index in [9.17, 15) is 9.59 Å². The van der Waals surface area contributed by atoms with Crippen molar-refractivity contribution < 1.29 is 19.0 Å². The lowest BCUT2D eigenvalue weighted by molar-refractivity contribution is -0.139. The summed E-state index contributed by atoms with van der Waals surface area (Å²) in [5.41, 5.74) is 2.98. The molecule has 0 unspecified atom stereocenters. The SMILES string of the molecule is CCOC(=O)C1=C(C)N=c2s/c(=C/c3ccc(OCc4ccc(Cl)cc4Cl)cc3)c(=O)n2[C@@H]1c1ccc(OC)cc1. The number of allylic oxidation sites excluding steroid dienone is 1. The number of benzene rings is 3. The molecule has 210 valence electrons. The van der Waals surface area contributed by atoms with Gasteiger partial charge in [0.25, 0.3) is 5.56 Å². The van der Waals surface area contributed by atoms with Crippen LogP contribution in [-0.4, -0.2) is 24.3 Å². The molecular weight excluding hydrogens is 583 g/mol. The van der Waals surface area contributed by atoms with Crippen molar-refractivity contribution in [3.05, 3.63) is 124 Å². The first-order chi connectivity index (χ1) is 19.8. The molecule has 41 heavy (non-hydrogen) atoms. The number of ether oxygens (including phenoxy) is 3. The van der Waals surface area contributed by atoms with Crippen LogP contribution in [0.15, 0.2) is 87.8 Å². The Balaban J connectivity index is 1.48. The molecule has 2 heterocycles. The number of carbonyl (C=O) groups excluding carboxylic acids is 1.